The molecular formula is C21H20N2O3. The van der Waals surface area contributed by atoms with Crippen LogP contribution in [0, 0.1) is 6.92 Å². The number of aliphatic hydroxyl groups is 1. The van der Waals surface area contributed by atoms with E-state index in [1.807, 2.05) is 61.5 Å². The summed E-state index contributed by atoms with van der Waals surface area (Å²) in [7, 11) is 0. The van der Waals surface area contributed by atoms with Gasteiger partial charge in [-0.15, -0.1) is 0 Å². The van der Waals surface area contributed by atoms with Crippen molar-refractivity contribution in [2.75, 3.05) is 5.32 Å². The summed E-state index contributed by atoms with van der Waals surface area (Å²) in [6.07, 6.45) is 4.16. The van der Waals surface area contributed by atoms with Gasteiger partial charge in [0.15, 0.2) is 0 Å². The van der Waals surface area contributed by atoms with Crippen LogP contribution in [0.4, 0.5) is 5.69 Å². The van der Waals surface area contributed by atoms with Crippen molar-refractivity contribution in [3.8, 4) is 0 Å². The van der Waals surface area contributed by atoms with Crippen LogP contribution in [-0.2, 0) is 9.59 Å². The van der Waals surface area contributed by atoms with Crippen molar-refractivity contribution in [2.45, 2.75) is 19.4 Å². The molecule has 2 aromatic rings. The minimum atomic E-state index is -0.611. The molecule has 1 heterocycles. The largest absolute Gasteiger partial charge is 0.509 e. The van der Waals surface area contributed by atoms with Gasteiger partial charge in [0.05, 0.1) is 6.04 Å². The number of aliphatic hydroxyl groups excluding tert-OH is 1. The number of hydrogen-bond donors (Lipinski definition) is 3. The van der Waals surface area contributed by atoms with Gasteiger partial charge in [0, 0.05) is 5.69 Å². The van der Waals surface area contributed by atoms with Gasteiger partial charge in [0.2, 0.25) is 0 Å². The minimum absolute atomic E-state index is 0.224. The molecule has 0 aliphatic carbocycles. The lowest BCUT2D eigenvalue weighted by Crippen LogP contribution is -2.29. The minimum Gasteiger partial charge on any atom is -0.509 e. The Morgan fingerprint density at radius 3 is 2.69 bits per heavy atom. The average Bonchev–Trinajstić information content (AvgIpc) is 2.90. The van der Waals surface area contributed by atoms with Crippen LogP contribution in [0.1, 0.15) is 17.5 Å². The molecule has 132 valence electrons. The number of anilines is 1. The van der Waals surface area contributed by atoms with E-state index in [9.17, 15) is 14.7 Å². The first kappa shape index (κ1) is 17.5. The molecule has 0 aromatic heterocycles. The highest BCUT2D eigenvalue weighted by Crippen LogP contribution is 2.20. The van der Waals surface area contributed by atoms with Gasteiger partial charge in [-0.2, -0.15) is 0 Å². The first-order chi connectivity index (χ1) is 12.5. The molecule has 5 heteroatoms. The van der Waals surface area contributed by atoms with Gasteiger partial charge in [-0.05, 0) is 36.6 Å². The fourth-order valence-electron chi connectivity index (χ4n) is 2.80. The van der Waals surface area contributed by atoms with E-state index in [1.165, 1.54) is 0 Å². The number of hydrogen-bond acceptors (Lipinski definition) is 3. The lowest BCUT2D eigenvalue weighted by atomic mass is 10.1. The third-order valence-electron chi connectivity index (χ3n) is 4.10. The van der Waals surface area contributed by atoms with E-state index in [0.717, 1.165) is 11.1 Å². The predicted octanol–water partition coefficient (Wildman–Crippen LogP) is 3.35. The highest BCUT2D eigenvalue weighted by Gasteiger charge is 2.35. The molecule has 0 bridgehead atoms. The summed E-state index contributed by atoms with van der Waals surface area (Å²) in [4.78, 5) is 24.5. The number of aryl methyl sites for hydroxylation is 1. The van der Waals surface area contributed by atoms with E-state index in [4.69, 9.17) is 0 Å². The van der Waals surface area contributed by atoms with Crippen molar-refractivity contribution in [2.24, 2.45) is 0 Å². The second-order valence-electron chi connectivity index (χ2n) is 6.16. The molecule has 0 saturated carbocycles. The van der Waals surface area contributed by atoms with E-state index in [1.54, 1.807) is 12.1 Å². The molecule has 0 saturated heterocycles. The van der Waals surface area contributed by atoms with Crippen molar-refractivity contribution >= 4 is 23.6 Å². The molecule has 1 aliphatic rings. The quantitative estimate of drug-likeness (QED) is 0.725. The summed E-state index contributed by atoms with van der Waals surface area (Å²) in [6, 6.07) is 16.4. The Labute approximate surface area is 152 Å². The second kappa shape index (κ2) is 7.70. The van der Waals surface area contributed by atoms with Crippen molar-refractivity contribution < 1.29 is 14.7 Å². The SMILES string of the molecule is Cc1cccc(NC(=O)C2=C(O)C(C/C=C/c3ccccc3)NC2=O)c1. The second-order valence-corrected chi connectivity index (χ2v) is 6.16. The van der Waals surface area contributed by atoms with Crippen LogP contribution in [0.2, 0.25) is 0 Å². The van der Waals surface area contributed by atoms with Crippen molar-refractivity contribution in [3.63, 3.8) is 0 Å². The summed E-state index contributed by atoms with van der Waals surface area (Å²) in [5.74, 6) is -1.40. The predicted molar refractivity (Wildman–Crippen MR) is 101 cm³/mol. The molecular weight excluding hydrogens is 328 g/mol. The average molecular weight is 348 g/mol. The van der Waals surface area contributed by atoms with Crippen LogP contribution in [-0.4, -0.2) is 23.0 Å². The topological polar surface area (TPSA) is 78.4 Å². The maximum atomic E-state index is 12.4. The Hall–Kier alpha value is -3.34. The molecule has 3 N–H and O–H groups in total. The Morgan fingerprint density at radius 1 is 1.19 bits per heavy atom. The lowest BCUT2D eigenvalue weighted by molar-refractivity contribution is -0.120. The van der Waals surface area contributed by atoms with Gasteiger partial charge in [0.25, 0.3) is 11.8 Å². The first-order valence-corrected chi connectivity index (χ1v) is 8.38. The van der Waals surface area contributed by atoms with E-state index in [-0.39, 0.29) is 11.3 Å². The maximum Gasteiger partial charge on any atom is 0.264 e. The van der Waals surface area contributed by atoms with Gasteiger partial charge < -0.3 is 15.7 Å². The fourth-order valence-corrected chi connectivity index (χ4v) is 2.80. The van der Waals surface area contributed by atoms with Gasteiger partial charge in [-0.3, -0.25) is 9.59 Å². The smallest absolute Gasteiger partial charge is 0.264 e. The van der Waals surface area contributed by atoms with Crippen LogP contribution in [0.5, 0.6) is 0 Å². The van der Waals surface area contributed by atoms with Crippen molar-refractivity contribution in [1.29, 1.82) is 0 Å². The molecule has 1 aliphatic heterocycles. The fraction of sp³-hybridized carbons (Fsp3) is 0.143. The highest BCUT2D eigenvalue weighted by molar-refractivity contribution is 6.24. The third kappa shape index (κ3) is 4.00. The van der Waals surface area contributed by atoms with Gasteiger partial charge in [-0.1, -0.05) is 54.6 Å². The van der Waals surface area contributed by atoms with Crippen LogP contribution < -0.4 is 10.6 Å². The first-order valence-electron chi connectivity index (χ1n) is 8.38. The van der Waals surface area contributed by atoms with E-state index in [2.05, 4.69) is 10.6 Å². The molecule has 5 nitrogen and oxygen atoms in total. The van der Waals surface area contributed by atoms with Crippen molar-refractivity contribution in [3.05, 3.63) is 83.1 Å². The summed E-state index contributed by atoms with van der Waals surface area (Å²) < 4.78 is 0. The van der Waals surface area contributed by atoms with E-state index in [0.29, 0.717) is 12.1 Å². The molecule has 2 amide bonds. The molecule has 1 atom stereocenters. The van der Waals surface area contributed by atoms with Crippen LogP contribution in [0.15, 0.2) is 72.0 Å². The summed E-state index contributed by atoms with van der Waals surface area (Å²) in [6.45, 7) is 1.91. The number of nitrogens with one attached hydrogen (secondary N) is 2. The van der Waals surface area contributed by atoms with Gasteiger partial charge in [-0.25, -0.2) is 0 Å². The zero-order valence-corrected chi connectivity index (χ0v) is 14.4. The Kier molecular flexibility index (Phi) is 5.17. The summed E-state index contributed by atoms with van der Waals surface area (Å²) >= 11 is 0. The number of carbonyl (C=O) groups is 2. The summed E-state index contributed by atoms with van der Waals surface area (Å²) in [5.41, 5.74) is 2.36. The Balaban J connectivity index is 1.69. The molecule has 0 fully saturated rings. The standard InChI is InChI=1S/C21H20N2O3/c1-14-7-5-11-16(13-14)22-20(25)18-19(24)17(23-21(18)26)12-6-10-15-8-3-2-4-9-15/h2-11,13,17,24H,12H2,1H3,(H,22,25)(H,23,26)/b10-6+. The highest BCUT2D eigenvalue weighted by atomic mass is 16.3. The van der Waals surface area contributed by atoms with E-state index >= 15 is 0 Å². The molecule has 26 heavy (non-hydrogen) atoms. The Bertz CT molecular complexity index is 885. The van der Waals surface area contributed by atoms with Crippen LogP contribution in [0.25, 0.3) is 6.08 Å². The van der Waals surface area contributed by atoms with Gasteiger partial charge >= 0.3 is 0 Å². The number of benzene rings is 2. The number of rotatable bonds is 5. The van der Waals surface area contributed by atoms with Gasteiger partial charge in [0.1, 0.15) is 11.3 Å². The monoisotopic (exact) mass is 348 g/mol. The third-order valence-corrected chi connectivity index (χ3v) is 4.10. The lowest BCUT2D eigenvalue weighted by Gasteiger charge is -2.07. The van der Waals surface area contributed by atoms with Crippen LogP contribution in [0.3, 0.4) is 0 Å². The zero-order chi connectivity index (χ0) is 18.5. The maximum absolute atomic E-state index is 12.4. The van der Waals surface area contributed by atoms with Crippen LogP contribution >= 0.6 is 0 Å². The Morgan fingerprint density at radius 2 is 1.96 bits per heavy atom. The molecule has 3 rings (SSSR count). The molecule has 0 radical (unpaired) electrons. The van der Waals surface area contributed by atoms with E-state index < -0.39 is 17.9 Å². The molecule has 2 aromatic carbocycles. The summed E-state index contributed by atoms with van der Waals surface area (Å²) in [5, 5.41) is 15.6. The normalized spacial score (nSPS) is 16.8. The van der Waals surface area contributed by atoms with Crippen molar-refractivity contribution in [1.82, 2.24) is 5.32 Å². The number of amides is 2. The zero-order valence-electron chi connectivity index (χ0n) is 14.4. The molecule has 0 spiro atoms. The number of carbonyl (C=O) groups excluding carboxylic acids is 2. The molecule has 1 unspecified atom stereocenters.